The Bertz CT molecular complexity index is 587. The Morgan fingerprint density at radius 1 is 1.19 bits per heavy atom. The lowest BCUT2D eigenvalue weighted by atomic mass is 9.99. The van der Waals surface area contributed by atoms with E-state index < -0.39 is 0 Å². The maximum Gasteiger partial charge on any atom is 0.110 e. The largest absolute Gasteiger partial charge is 0.362 e. The average molecular weight is 296 g/mol. The zero-order valence-corrected chi connectivity index (χ0v) is 13.2. The number of nitriles is 1. The van der Waals surface area contributed by atoms with Crippen LogP contribution in [0.5, 0.6) is 0 Å². The molecule has 0 radical (unpaired) electrons. The lowest BCUT2D eigenvalue weighted by Gasteiger charge is -2.30. The van der Waals surface area contributed by atoms with Gasteiger partial charge in [0.15, 0.2) is 0 Å². The summed E-state index contributed by atoms with van der Waals surface area (Å²) in [6.07, 6.45) is 7.53. The Hall–Kier alpha value is -1.92. The SMILES string of the molecule is C/C=C/C(C(=S)N1CCCCC1)=C(/C#N)c1ccccc1. The molecular weight excluding hydrogens is 276 g/mol. The van der Waals surface area contributed by atoms with Gasteiger partial charge in [0, 0.05) is 18.7 Å². The fourth-order valence-electron chi connectivity index (χ4n) is 2.58. The van der Waals surface area contributed by atoms with Gasteiger partial charge in [-0.05, 0) is 31.7 Å². The van der Waals surface area contributed by atoms with Gasteiger partial charge in [-0.1, -0.05) is 54.7 Å². The van der Waals surface area contributed by atoms with Crippen LogP contribution in [0.15, 0.2) is 48.1 Å². The van der Waals surface area contributed by atoms with Crippen LogP contribution in [0.1, 0.15) is 31.7 Å². The second-order valence-electron chi connectivity index (χ2n) is 5.12. The number of nitrogens with zero attached hydrogens (tertiary/aromatic N) is 2. The van der Waals surface area contributed by atoms with Gasteiger partial charge in [-0.2, -0.15) is 5.26 Å². The molecule has 1 saturated heterocycles. The van der Waals surface area contributed by atoms with Crippen LogP contribution in [0.25, 0.3) is 5.57 Å². The van der Waals surface area contributed by atoms with Crippen LogP contribution in [0.3, 0.4) is 0 Å². The molecule has 0 amide bonds. The average Bonchev–Trinajstić information content (AvgIpc) is 2.56. The van der Waals surface area contributed by atoms with Crippen molar-refractivity contribution in [3.05, 3.63) is 53.6 Å². The van der Waals surface area contributed by atoms with E-state index >= 15 is 0 Å². The molecule has 1 aliphatic heterocycles. The maximum absolute atomic E-state index is 9.60. The van der Waals surface area contributed by atoms with E-state index in [-0.39, 0.29) is 0 Å². The van der Waals surface area contributed by atoms with Crippen molar-refractivity contribution in [3.8, 4) is 6.07 Å². The van der Waals surface area contributed by atoms with Gasteiger partial charge in [0.25, 0.3) is 0 Å². The van der Waals surface area contributed by atoms with Crippen LogP contribution in [-0.2, 0) is 0 Å². The Kier molecular flexibility index (Phi) is 5.71. The molecule has 108 valence electrons. The van der Waals surface area contributed by atoms with Crippen molar-refractivity contribution in [2.75, 3.05) is 13.1 Å². The number of rotatable bonds is 3. The minimum atomic E-state index is 0.657. The highest BCUT2D eigenvalue weighted by atomic mass is 32.1. The lowest BCUT2D eigenvalue weighted by molar-refractivity contribution is 0.347. The van der Waals surface area contributed by atoms with Crippen molar-refractivity contribution in [1.82, 2.24) is 4.90 Å². The summed E-state index contributed by atoms with van der Waals surface area (Å²) in [4.78, 5) is 3.03. The fourth-order valence-corrected chi connectivity index (χ4v) is 2.93. The first-order valence-corrected chi connectivity index (χ1v) is 7.80. The number of hydrogen-bond acceptors (Lipinski definition) is 2. The Morgan fingerprint density at radius 3 is 2.43 bits per heavy atom. The topological polar surface area (TPSA) is 27.0 Å². The molecule has 0 aromatic heterocycles. The molecule has 0 N–H and O–H groups in total. The molecule has 0 aliphatic carbocycles. The molecule has 21 heavy (non-hydrogen) atoms. The number of likely N-dealkylation sites (tertiary alicyclic amines) is 1. The van der Waals surface area contributed by atoms with Gasteiger partial charge in [-0.25, -0.2) is 0 Å². The third kappa shape index (κ3) is 3.80. The summed E-state index contributed by atoms with van der Waals surface area (Å²) >= 11 is 5.67. The number of hydrogen-bond donors (Lipinski definition) is 0. The van der Waals surface area contributed by atoms with Crippen LogP contribution in [0.4, 0.5) is 0 Å². The highest BCUT2D eigenvalue weighted by Gasteiger charge is 2.18. The van der Waals surface area contributed by atoms with E-state index in [1.54, 1.807) is 0 Å². The van der Waals surface area contributed by atoms with E-state index in [4.69, 9.17) is 12.2 Å². The quantitative estimate of drug-likeness (QED) is 0.359. The smallest absolute Gasteiger partial charge is 0.110 e. The molecule has 0 atom stereocenters. The standard InChI is InChI=1S/C18H20N2S/c1-2-9-16(18(21)20-12-7-4-8-13-20)17(14-19)15-10-5-3-6-11-15/h2-3,5-6,9-11H,4,7-8,12-13H2,1H3/b9-2+,17-16+. The highest BCUT2D eigenvalue weighted by Crippen LogP contribution is 2.23. The lowest BCUT2D eigenvalue weighted by Crippen LogP contribution is -2.35. The number of piperidine rings is 1. The van der Waals surface area contributed by atoms with Gasteiger partial charge in [0.1, 0.15) is 11.1 Å². The van der Waals surface area contributed by atoms with Gasteiger partial charge < -0.3 is 4.90 Å². The maximum atomic E-state index is 9.60. The molecule has 2 rings (SSSR count). The van der Waals surface area contributed by atoms with Gasteiger partial charge in [0.05, 0.1) is 5.57 Å². The zero-order chi connectivity index (χ0) is 15.1. The third-order valence-corrected chi connectivity index (χ3v) is 4.13. The molecule has 0 saturated carbocycles. The molecule has 1 fully saturated rings. The molecule has 1 aromatic carbocycles. The summed E-state index contributed by atoms with van der Waals surface area (Å²) in [6, 6.07) is 12.1. The van der Waals surface area contributed by atoms with Gasteiger partial charge in [0.2, 0.25) is 0 Å². The summed E-state index contributed by atoms with van der Waals surface area (Å²) in [5, 5.41) is 9.60. The van der Waals surface area contributed by atoms with E-state index in [9.17, 15) is 5.26 Å². The fraction of sp³-hybridized carbons (Fsp3) is 0.333. The zero-order valence-electron chi connectivity index (χ0n) is 12.4. The molecule has 3 heteroatoms. The minimum absolute atomic E-state index is 0.657. The van der Waals surface area contributed by atoms with Crippen molar-refractivity contribution < 1.29 is 0 Å². The number of allylic oxidation sites excluding steroid dienone is 2. The first kappa shape index (κ1) is 15.5. The summed E-state index contributed by atoms with van der Waals surface area (Å²) in [7, 11) is 0. The molecule has 0 unspecified atom stereocenters. The first-order chi connectivity index (χ1) is 10.3. The van der Waals surface area contributed by atoms with Crippen molar-refractivity contribution >= 4 is 22.8 Å². The Labute approximate surface area is 132 Å². The molecule has 1 aliphatic rings. The predicted molar refractivity (Wildman–Crippen MR) is 91.8 cm³/mol. The van der Waals surface area contributed by atoms with E-state index in [0.29, 0.717) is 5.57 Å². The summed E-state index contributed by atoms with van der Waals surface area (Å²) in [6.45, 7) is 3.94. The summed E-state index contributed by atoms with van der Waals surface area (Å²) in [5.41, 5.74) is 2.44. The van der Waals surface area contributed by atoms with Gasteiger partial charge in [-0.15, -0.1) is 0 Å². The molecule has 1 aromatic rings. The first-order valence-electron chi connectivity index (χ1n) is 7.39. The van der Waals surface area contributed by atoms with Crippen LogP contribution in [0, 0.1) is 11.3 Å². The highest BCUT2D eigenvalue weighted by molar-refractivity contribution is 7.80. The van der Waals surface area contributed by atoms with Crippen molar-refractivity contribution in [2.24, 2.45) is 0 Å². The molecule has 0 bridgehead atoms. The predicted octanol–water partition coefficient (Wildman–Crippen LogP) is 4.35. The van der Waals surface area contributed by atoms with E-state index in [1.807, 2.05) is 49.4 Å². The number of benzene rings is 1. The second kappa shape index (κ2) is 7.75. The molecular formula is C18H20N2S. The van der Waals surface area contributed by atoms with Crippen molar-refractivity contribution in [3.63, 3.8) is 0 Å². The van der Waals surface area contributed by atoms with Crippen molar-refractivity contribution in [1.29, 1.82) is 5.26 Å². The normalized spacial score (nSPS) is 16.5. The van der Waals surface area contributed by atoms with Crippen LogP contribution in [0.2, 0.25) is 0 Å². The Morgan fingerprint density at radius 2 is 1.86 bits per heavy atom. The molecule has 1 heterocycles. The van der Waals surface area contributed by atoms with Crippen LogP contribution < -0.4 is 0 Å². The van der Waals surface area contributed by atoms with Gasteiger partial charge in [-0.3, -0.25) is 0 Å². The van der Waals surface area contributed by atoms with Crippen molar-refractivity contribution in [2.45, 2.75) is 26.2 Å². The van der Waals surface area contributed by atoms with E-state index in [1.165, 1.54) is 19.3 Å². The number of thiocarbonyl (C=S) groups is 1. The third-order valence-electron chi connectivity index (χ3n) is 3.65. The van der Waals surface area contributed by atoms with E-state index in [0.717, 1.165) is 29.2 Å². The summed E-state index contributed by atoms with van der Waals surface area (Å²) in [5.74, 6) is 0. The van der Waals surface area contributed by atoms with Gasteiger partial charge >= 0.3 is 0 Å². The van der Waals surface area contributed by atoms with E-state index in [2.05, 4.69) is 11.0 Å². The van der Waals surface area contributed by atoms with Crippen LogP contribution in [-0.4, -0.2) is 23.0 Å². The molecule has 2 nitrogen and oxygen atoms in total. The summed E-state index contributed by atoms with van der Waals surface area (Å²) < 4.78 is 0. The second-order valence-corrected chi connectivity index (χ2v) is 5.51. The van der Waals surface area contributed by atoms with Crippen LogP contribution >= 0.6 is 12.2 Å². The molecule has 0 spiro atoms. The Balaban J connectivity index is 2.42. The monoisotopic (exact) mass is 296 g/mol. The minimum Gasteiger partial charge on any atom is -0.362 e.